The lowest BCUT2D eigenvalue weighted by atomic mass is 9.85. The third-order valence-electron chi connectivity index (χ3n) is 9.90. The normalized spacial score (nSPS) is 22.4. The van der Waals surface area contributed by atoms with Crippen LogP contribution in [0.25, 0.3) is 0 Å². The van der Waals surface area contributed by atoms with E-state index in [4.69, 9.17) is 5.73 Å². The standard InChI is InChI=1S/C34H51N5O7S/c1-21(2)23-18-26(30(42)36-25(17-22-13-14-22)27(40)29(35)41)39(19-23)31(43)28(33(3,4)5)37-32(44)38-34(15-9-10-16-34)20-47(45,46)24-11-7-6-8-12-24/h6-8,11-12,21-23,25-26,28H,9-10,13-20H2,1-5H3,(H2,35,41)(H,36,42)(H2,37,38,44). The van der Waals surface area contributed by atoms with Crippen molar-refractivity contribution in [1.29, 1.82) is 0 Å². The molecular formula is C34H51N5O7S. The number of carbonyl (C=O) groups is 5. The Bertz CT molecular complexity index is 1450. The quantitative estimate of drug-likeness (QED) is 0.232. The number of hydrogen-bond acceptors (Lipinski definition) is 7. The summed E-state index contributed by atoms with van der Waals surface area (Å²) in [6, 6.07) is 4.46. The second-order valence-electron chi connectivity index (χ2n) is 15.2. The summed E-state index contributed by atoms with van der Waals surface area (Å²) in [5.41, 5.74) is 3.51. The van der Waals surface area contributed by atoms with Gasteiger partial charge in [-0.15, -0.1) is 0 Å². The molecule has 260 valence electrons. The van der Waals surface area contributed by atoms with E-state index in [9.17, 15) is 32.4 Å². The van der Waals surface area contributed by atoms with Crippen LogP contribution in [0.1, 0.15) is 86.0 Å². The Morgan fingerprint density at radius 3 is 2.15 bits per heavy atom. The molecule has 2 saturated carbocycles. The van der Waals surface area contributed by atoms with Crippen molar-refractivity contribution in [3.05, 3.63) is 30.3 Å². The summed E-state index contributed by atoms with van der Waals surface area (Å²) >= 11 is 0. The number of amides is 5. The summed E-state index contributed by atoms with van der Waals surface area (Å²) in [4.78, 5) is 67.7. The second kappa shape index (κ2) is 14.3. The molecule has 12 nitrogen and oxygen atoms in total. The molecule has 0 spiro atoms. The number of likely N-dealkylation sites (tertiary alicyclic amines) is 1. The van der Waals surface area contributed by atoms with Crippen molar-refractivity contribution in [1.82, 2.24) is 20.9 Å². The van der Waals surface area contributed by atoms with E-state index in [1.807, 2.05) is 34.6 Å². The van der Waals surface area contributed by atoms with Crippen LogP contribution in [-0.2, 0) is 29.0 Å². The van der Waals surface area contributed by atoms with Gasteiger partial charge in [-0.1, -0.05) is 78.5 Å². The van der Waals surface area contributed by atoms with Crippen molar-refractivity contribution in [3.8, 4) is 0 Å². The largest absolute Gasteiger partial charge is 0.363 e. The van der Waals surface area contributed by atoms with E-state index < -0.39 is 68.5 Å². The van der Waals surface area contributed by atoms with Crippen LogP contribution in [0.15, 0.2) is 35.2 Å². The highest BCUT2D eigenvalue weighted by atomic mass is 32.2. The zero-order valence-electron chi connectivity index (χ0n) is 28.2. The molecular weight excluding hydrogens is 622 g/mol. The van der Waals surface area contributed by atoms with E-state index in [0.29, 0.717) is 25.7 Å². The molecule has 1 saturated heterocycles. The molecule has 5 amide bonds. The summed E-state index contributed by atoms with van der Waals surface area (Å²) in [7, 11) is -3.71. The van der Waals surface area contributed by atoms with Crippen LogP contribution >= 0.6 is 0 Å². The molecule has 0 radical (unpaired) electrons. The van der Waals surface area contributed by atoms with Crippen LogP contribution in [0, 0.1) is 23.2 Å². The van der Waals surface area contributed by atoms with Gasteiger partial charge >= 0.3 is 6.03 Å². The number of hydrogen-bond donors (Lipinski definition) is 4. The molecule has 3 fully saturated rings. The maximum absolute atomic E-state index is 14.3. The Balaban J connectivity index is 1.53. The molecule has 2 aliphatic carbocycles. The number of benzene rings is 1. The number of Topliss-reactive ketones (excluding diaryl/α,β-unsaturated/α-hetero) is 1. The SMILES string of the molecule is CC(C)C1CC(C(=O)NC(CC2CC2)C(=O)C(N)=O)N(C(=O)C(NC(=O)NC2(CS(=O)(=O)c3ccccc3)CCCC2)C(C)(C)C)C1. The summed E-state index contributed by atoms with van der Waals surface area (Å²) in [5, 5.41) is 8.50. The number of nitrogens with zero attached hydrogens (tertiary/aromatic N) is 1. The smallest absolute Gasteiger partial charge is 0.315 e. The second-order valence-corrected chi connectivity index (χ2v) is 17.2. The molecule has 4 unspecified atom stereocenters. The molecule has 5 N–H and O–H groups in total. The van der Waals surface area contributed by atoms with Crippen LogP contribution < -0.4 is 21.7 Å². The monoisotopic (exact) mass is 673 g/mol. The topological polar surface area (TPSA) is 185 Å². The number of nitrogens with two attached hydrogens (primary N) is 1. The molecule has 1 aliphatic heterocycles. The zero-order chi connectivity index (χ0) is 34.7. The van der Waals surface area contributed by atoms with Gasteiger partial charge in [0.25, 0.3) is 5.91 Å². The third-order valence-corrected chi connectivity index (χ3v) is 11.8. The summed E-state index contributed by atoms with van der Waals surface area (Å²) < 4.78 is 26.7. The predicted molar refractivity (Wildman–Crippen MR) is 177 cm³/mol. The number of urea groups is 1. The first kappa shape index (κ1) is 36.4. The van der Waals surface area contributed by atoms with Gasteiger partial charge in [-0.3, -0.25) is 19.2 Å². The van der Waals surface area contributed by atoms with Crippen LogP contribution in [0.5, 0.6) is 0 Å². The number of rotatable bonds is 13. The van der Waals surface area contributed by atoms with Crippen LogP contribution in [0.4, 0.5) is 4.79 Å². The Kier molecular flexibility index (Phi) is 11.1. The molecule has 0 bridgehead atoms. The van der Waals surface area contributed by atoms with Gasteiger partial charge < -0.3 is 26.6 Å². The lowest BCUT2D eigenvalue weighted by molar-refractivity contribution is -0.143. The van der Waals surface area contributed by atoms with E-state index in [1.165, 1.54) is 17.0 Å². The molecule has 1 heterocycles. The van der Waals surface area contributed by atoms with Crippen molar-refractivity contribution in [2.45, 2.75) is 115 Å². The Morgan fingerprint density at radius 1 is 1.00 bits per heavy atom. The third kappa shape index (κ3) is 9.11. The zero-order valence-corrected chi connectivity index (χ0v) is 29.0. The van der Waals surface area contributed by atoms with Crippen LogP contribution in [0.2, 0.25) is 0 Å². The predicted octanol–water partition coefficient (Wildman–Crippen LogP) is 2.70. The Hall–Kier alpha value is -3.48. The van der Waals surface area contributed by atoms with Gasteiger partial charge in [-0.25, -0.2) is 13.2 Å². The number of carbonyl (C=O) groups excluding carboxylic acids is 5. The van der Waals surface area contributed by atoms with Crippen molar-refractivity contribution in [3.63, 3.8) is 0 Å². The highest BCUT2D eigenvalue weighted by Gasteiger charge is 2.47. The molecule has 3 aliphatic rings. The molecule has 4 atom stereocenters. The molecule has 1 aromatic carbocycles. The van der Waals surface area contributed by atoms with Crippen molar-refractivity contribution < 1.29 is 32.4 Å². The molecule has 13 heteroatoms. The first-order valence-corrected chi connectivity index (χ1v) is 18.4. The lowest BCUT2D eigenvalue weighted by Gasteiger charge is -2.37. The fraction of sp³-hybridized carbons (Fsp3) is 0.676. The Morgan fingerprint density at radius 2 is 1.62 bits per heavy atom. The van der Waals surface area contributed by atoms with Gasteiger partial charge in [0.15, 0.2) is 9.84 Å². The van der Waals surface area contributed by atoms with Crippen LogP contribution in [0.3, 0.4) is 0 Å². The molecule has 47 heavy (non-hydrogen) atoms. The first-order chi connectivity index (χ1) is 21.9. The van der Waals surface area contributed by atoms with E-state index >= 15 is 0 Å². The number of ketones is 1. The number of nitrogens with one attached hydrogen (secondary N) is 3. The lowest BCUT2D eigenvalue weighted by Crippen LogP contribution is -2.62. The average Bonchev–Trinajstić information content (AvgIpc) is 3.50. The Labute approximate surface area is 278 Å². The van der Waals surface area contributed by atoms with E-state index in [2.05, 4.69) is 16.0 Å². The average molecular weight is 674 g/mol. The molecule has 4 rings (SSSR count). The fourth-order valence-corrected chi connectivity index (χ4v) is 8.68. The number of sulfone groups is 1. The van der Waals surface area contributed by atoms with Gasteiger partial charge in [-0.2, -0.15) is 0 Å². The minimum Gasteiger partial charge on any atom is -0.363 e. The van der Waals surface area contributed by atoms with E-state index in [1.54, 1.807) is 18.2 Å². The molecule has 1 aromatic rings. The minimum atomic E-state index is -3.71. The van der Waals surface area contributed by atoms with Crippen LogP contribution in [-0.4, -0.2) is 78.8 Å². The van der Waals surface area contributed by atoms with E-state index in [0.717, 1.165) is 25.7 Å². The maximum atomic E-state index is 14.3. The van der Waals surface area contributed by atoms with Gasteiger partial charge in [-0.05, 0) is 61.0 Å². The fourth-order valence-electron chi connectivity index (χ4n) is 6.86. The summed E-state index contributed by atoms with van der Waals surface area (Å²) in [6.07, 6.45) is 4.97. The van der Waals surface area contributed by atoms with Crippen molar-refractivity contribution >= 4 is 39.4 Å². The first-order valence-electron chi connectivity index (χ1n) is 16.7. The van der Waals surface area contributed by atoms with Crippen molar-refractivity contribution in [2.24, 2.45) is 28.9 Å². The maximum Gasteiger partial charge on any atom is 0.315 e. The van der Waals surface area contributed by atoms with Gasteiger partial charge in [0.05, 0.1) is 22.2 Å². The van der Waals surface area contributed by atoms with Gasteiger partial charge in [0.2, 0.25) is 17.6 Å². The number of primary amides is 1. The highest BCUT2D eigenvalue weighted by Crippen LogP contribution is 2.36. The highest BCUT2D eigenvalue weighted by molar-refractivity contribution is 7.91. The van der Waals surface area contributed by atoms with Gasteiger partial charge in [0.1, 0.15) is 12.1 Å². The van der Waals surface area contributed by atoms with Gasteiger partial charge in [0, 0.05) is 6.54 Å². The molecule has 0 aromatic heterocycles. The summed E-state index contributed by atoms with van der Waals surface area (Å²) in [5.74, 6) is -2.85. The van der Waals surface area contributed by atoms with Crippen molar-refractivity contribution in [2.75, 3.05) is 12.3 Å². The van der Waals surface area contributed by atoms with E-state index in [-0.39, 0.29) is 34.9 Å². The minimum absolute atomic E-state index is 0.0113. The summed E-state index contributed by atoms with van der Waals surface area (Å²) in [6.45, 7) is 9.73.